The van der Waals surface area contributed by atoms with Crippen LogP contribution in [0.2, 0.25) is 0 Å². The van der Waals surface area contributed by atoms with Crippen LogP contribution in [-0.4, -0.2) is 51.2 Å². The summed E-state index contributed by atoms with van der Waals surface area (Å²) in [7, 11) is -1.34. The van der Waals surface area contributed by atoms with Gasteiger partial charge in [0.1, 0.15) is 0 Å². The van der Waals surface area contributed by atoms with Crippen LogP contribution in [-0.2, 0) is 9.84 Å². The van der Waals surface area contributed by atoms with E-state index in [0.717, 1.165) is 12.3 Å². The van der Waals surface area contributed by atoms with Gasteiger partial charge in [0.25, 0.3) is 0 Å². The van der Waals surface area contributed by atoms with Gasteiger partial charge in [0.05, 0.1) is 22.3 Å². The van der Waals surface area contributed by atoms with Crippen LogP contribution in [0.4, 0.5) is 0 Å². The number of thioether (sulfide) groups is 1. The molecule has 6 heteroatoms. The maximum atomic E-state index is 12.1. The summed E-state index contributed by atoms with van der Waals surface area (Å²) in [5.41, 5.74) is 0.469. The van der Waals surface area contributed by atoms with Gasteiger partial charge in [-0.25, -0.2) is 8.42 Å². The molecule has 0 bridgehead atoms. The Kier molecular flexibility index (Phi) is 6.35. The summed E-state index contributed by atoms with van der Waals surface area (Å²) in [5.74, 6) is 1.09. The third kappa shape index (κ3) is 5.23. The fourth-order valence-corrected chi connectivity index (χ4v) is 3.32. The number of hydrogen-bond donors (Lipinski definition) is 0. The number of nitrogens with zero attached hydrogens (tertiary/aromatic N) is 2. The maximum absolute atomic E-state index is 12.1. The third-order valence-corrected chi connectivity index (χ3v) is 5.06. The molecule has 0 saturated carbocycles. The Balaban J connectivity index is 2.63. The summed E-state index contributed by atoms with van der Waals surface area (Å²) in [6.45, 7) is 1.40. The van der Waals surface area contributed by atoms with Crippen molar-refractivity contribution in [1.82, 2.24) is 4.90 Å². The predicted molar refractivity (Wildman–Crippen MR) is 79.1 cm³/mol. The summed E-state index contributed by atoms with van der Waals surface area (Å²) in [6.07, 6.45) is 2.03. The first-order valence-corrected chi connectivity index (χ1v) is 8.94. The second-order valence-corrected chi connectivity index (χ2v) is 7.35. The molecule has 0 aliphatic rings. The average Bonchev–Trinajstić information content (AvgIpc) is 2.43. The Labute approximate surface area is 119 Å². The van der Waals surface area contributed by atoms with E-state index in [1.54, 1.807) is 11.8 Å². The van der Waals surface area contributed by atoms with Gasteiger partial charge in [0.2, 0.25) is 0 Å². The predicted octanol–water partition coefficient (Wildman–Crippen LogP) is 1.63. The first-order valence-electron chi connectivity index (χ1n) is 5.90. The van der Waals surface area contributed by atoms with Gasteiger partial charge in [0, 0.05) is 18.8 Å². The molecule has 1 aromatic rings. The quantitative estimate of drug-likeness (QED) is 0.765. The van der Waals surface area contributed by atoms with Gasteiger partial charge in [-0.3, -0.25) is 0 Å². The van der Waals surface area contributed by atoms with Crippen molar-refractivity contribution < 1.29 is 8.42 Å². The molecule has 0 heterocycles. The molecule has 0 N–H and O–H groups in total. The van der Waals surface area contributed by atoms with Crippen molar-refractivity contribution in [2.75, 3.05) is 37.9 Å². The molecule has 4 nitrogen and oxygen atoms in total. The smallest absolute Gasteiger partial charge is 0.179 e. The van der Waals surface area contributed by atoms with E-state index in [-0.39, 0.29) is 10.6 Å². The Morgan fingerprint density at radius 1 is 1.26 bits per heavy atom. The van der Waals surface area contributed by atoms with Crippen molar-refractivity contribution in [3.05, 3.63) is 29.8 Å². The van der Waals surface area contributed by atoms with Crippen LogP contribution in [0, 0.1) is 11.3 Å². The minimum Gasteiger partial charge on any atom is -0.305 e. The van der Waals surface area contributed by atoms with E-state index in [2.05, 4.69) is 0 Å². The SMILES string of the molecule is CSCCN(C)CCS(=O)(=O)c1ccc(C#N)cc1. The van der Waals surface area contributed by atoms with Crippen LogP contribution in [0.25, 0.3) is 0 Å². The molecule has 0 unspecified atom stereocenters. The van der Waals surface area contributed by atoms with Crippen molar-refractivity contribution in [2.45, 2.75) is 4.90 Å². The standard InChI is InChI=1S/C13H18N2O2S2/c1-15(7-9-18-2)8-10-19(16,17)13-5-3-12(11-14)4-6-13/h3-6H,7-10H2,1-2H3. The Morgan fingerprint density at radius 2 is 1.89 bits per heavy atom. The summed E-state index contributed by atoms with van der Waals surface area (Å²) >= 11 is 1.74. The van der Waals surface area contributed by atoms with Gasteiger partial charge in [-0.05, 0) is 37.6 Å². The first kappa shape index (κ1) is 16.0. The lowest BCUT2D eigenvalue weighted by Gasteiger charge is -2.15. The lowest BCUT2D eigenvalue weighted by atomic mass is 10.2. The highest BCUT2D eigenvalue weighted by Gasteiger charge is 2.15. The average molecular weight is 298 g/mol. The number of benzene rings is 1. The maximum Gasteiger partial charge on any atom is 0.179 e. The number of hydrogen-bond acceptors (Lipinski definition) is 5. The minimum absolute atomic E-state index is 0.101. The molecule has 0 aliphatic carbocycles. The highest BCUT2D eigenvalue weighted by molar-refractivity contribution is 7.98. The van der Waals surface area contributed by atoms with Crippen LogP contribution in [0.5, 0.6) is 0 Å². The zero-order valence-corrected chi connectivity index (χ0v) is 12.8. The fourth-order valence-electron chi connectivity index (χ4n) is 1.49. The van der Waals surface area contributed by atoms with Crippen LogP contribution < -0.4 is 0 Å². The molecule has 104 valence electrons. The van der Waals surface area contributed by atoms with Crippen molar-refractivity contribution in [2.24, 2.45) is 0 Å². The second kappa shape index (κ2) is 7.53. The largest absolute Gasteiger partial charge is 0.305 e. The number of nitriles is 1. The van der Waals surface area contributed by atoms with E-state index in [4.69, 9.17) is 5.26 Å². The number of sulfone groups is 1. The molecule has 0 atom stereocenters. The first-order chi connectivity index (χ1) is 8.99. The van der Waals surface area contributed by atoms with Crippen LogP contribution in [0.1, 0.15) is 5.56 Å². The van der Waals surface area contributed by atoms with E-state index < -0.39 is 9.84 Å². The summed E-state index contributed by atoms with van der Waals surface area (Å²) in [4.78, 5) is 2.29. The molecule has 0 aromatic heterocycles. The van der Waals surface area contributed by atoms with Gasteiger partial charge in [-0.2, -0.15) is 17.0 Å². The highest BCUT2D eigenvalue weighted by atomic mass is 32.2. The monoisotopic (exact) mass is 298 g/mol. The summed E-state index contributed by atoms with van der Waals surface area (Å²) in [6, 6.07) is 8.03. The van der Waals surface area contributed by atoms with Gasteiger partial charge < -0.3 is 4.90 Å². The fraction of sp³-hybridized carbons (Fsp3) is 0.462. The molecule has 19 heavy (non-hydrogen) atoms. The van der Waals surface area contributed by atoms with E-state index in [9.17, 15) is 8.42 Å². The highest BCUT2D eigenvalue weighted by Crippen LogP contribution is 2.12. The molecule has 0 aliphatic heterocycles. The molecule has 0 saturated heterocycles. The van der Waals surface area contributed by atoms with Gasteiger partial charge in [-0.15, -0.1) is 0 Å². The zero-order valence-electron chi connectivity index (χ0n) is 11.2. The lowest BCUT2D eigenvalue weighted by molar-refractivity contribution is 0.376. The van der Waals surface area contributed by atoms with Gasteiger partial charge in [-0.1, -0.05) is 0 Å². The second-order valence-electron chi connectivity index (χ2n) is 4.25. The molecule has 0 radical (unpaired) electrons. The van der Waals surface area contributed by atoms with Gasteiger partial charge in [0.15, 0.2) is 9.84 Å². The Bertz CT molecular complexity index is 533. The molecule has 0 fully saturated rings. The zero-order chi connectivity index (χ0) is 14.3. The lowest BCUT2D eigenvalue weighted by Crippen LogP contribution is -2.27. The molecular formula is C13H18N2O2S2. The van der Waals surface area contributed by atoms with E-state index in [1.807, 2.05) is 24.3 Å². The normalized spacial score (nSPS) is 11.5. The Morgan fingerprint density at radius 3 is 2.42 bits per heavy atom. The van der Waals surface area contributed by atoms with Crippen molar-refractivity contribution in [3.8, 4) is 6.07 Å². The van der Waals surface area contributed by atoms with E-state index >= 15 is 0 Å². The van der Waals surface area contributed by atoms with Gasteiger partial charge >= 0.3 is 0 Å². The van der Waals surface area contributed by atoms with Crippen LogP contribution >= 0.6 is 11.8 Å². The minimum atomic E-state index is -3.26. The summed E-state index contributed by atoms with van der Waals surface area (Å²) < 4.78 is 24.2. The van der Waals surface area contributed by atoms with Crippen LogP contribution in [0.3, 0.4) is 0 Å². The Hall–Kier alpha value is -1.03. The molecule has 0 spiro atoms. The third-order valence-electron chi connectivity index (χ3n) is 2.76. The summed E-state index contributed by atoms with van der Waals surface area (Å²) in [5, 5.41) is 8.68. The number of rotatable bonds is 7. The van der Waals surface area contributed by atoms with Crippen molar-refractivity contribution >= 4 is 21.6 Å². The topological polar surface area (TPSA) is 61.2 Å². The molecule has 0 amide bonds. The molecule has 1 aromatic carbocycles. The molecule has 1 rings (SSSR count). The molecular weight excluding hydrogens is 280 g/mol. The van der Waals surface area contributed by atoms with E-state index in [1.165, 1.54) is 24.3 Å². The van der Waals surface area contributed by atoms with Crippen molar-refractivity contribution in [3.63, 3.8) is 0 Å². The van der Waals surface area contributed by atoms with Crippen LogP contribution in [0.15, 0.2) is 29.2 Å². The van der Waals surface area contributed by atoms with Crippen molar-refractivity contribution in [1.29, 1.82) is 5.26 Å². The van der Waals surface area contributed by atoms with E-state index in [0.29, 0.717) is 12.1 Å².